The molecule has 0 fully saturated rings. The van der Waals surface area contributed by atoms with Gasteiger partial charge in [-0.1, -0.05) is 45.4 Å². The fourth-order valence-electron chi connectivity index (χ4n) is 2.46. The van der Waals surface area contributed by atoms with Crippen LogP contribution in [0, 0.1) is 5.82 Å². The Hall–Kier alpha value is -1.71. The molecule has 0 aliphatic rings. The lowest BCUT2D eigenvalue weighted by molar-refractivity contribution is -0.126. The molecule has 0 heterocycles. The highest BCUT2D eigenvalue weighted by atomic mass is 19.1. The van der Waals surface area contributed by atoms with Crippen LogP contribution in [0.25, 0.3) is 0 Å². The average molecular weight is 321 g/mol. The minimum atomic E-state index is -0.343. The van der Waals surface area contributed by atoms with E-state index in [1.54, 1.807) is 7.05 Å². The molecule has 0 saturated heterocycles. The Balaban J connectivity index is 2.22. The van der Waals surface area contributed by atoms with Gasteiger partial charge in [0, 0.05) is 19.2 Å². The molecule has 23 heavy (non-hydrogen) atoms. The number of Topliss-reactive ketones (excluding diaryl/α,β-unsaturated/α-hetero) is 1. The van der Waals surface area contributed by atoms with Crippen LogP contribution >= 0.6 is 0 Å². The molecule has 1 rings (SSSR count). The maximum atomic E-state index is 12.9. The second kappa shape index (κ2) is 10.9. The van der Waals surface area contributed by atoms with Gasteiger partial charge in [-0.05, 0) is 30.7 Å². The molecule has 0 radical (unpaired) electrons. The first-order valence-corrected chi connectivity index (χ1v) is 8.58. The molecule has 0 aliphatic heterocycles. The van der Waals surface area contributed by atoms with Crippen molar-refractivity contribution >= 4 is 17.4 Å². The first-order chi connectivity index (χ1) is 11.0. The number of carbonyl (C=O) groups excluding carboxylic acids is 2. The van der Waals surface area contributed by atoms with Crippen molar-refractivity contribution in [2.24, 2.45) is 0 Å². The third-order valence-corrected chi connectivity index (χ3v) is 4.00. The number of nitrogens with zero attached hydrogens (tertiary/aromatic N) is 1. The van der Waals surface area contributed by atoms with Gasteiger partial charge in [0.15, 0.2) is 0 Å². The molecular formula is C19H28FNO2. The summed E-state index contributed by atoms with van der Waals surface area (Å²) in [5.41, 5.74) is 0.597. The van der Waals surface area contributed by atoms with Gasteiger partial charge in [-0.25, -0.2) is 4.39 Å². The van der Waals surface area contributed by atoms with Crippen LogP contribution in [0.1, 0.15) is 64.7 Å². The zero-order chi connectivity index (χ0) is 17.1. The van der Waals surface area contributed by atoms with Gasteiger partial charge in [0.25, 0.3) is 0 Å². The van der Waals surface area contributed by atoms with Crippen molar-refractivity contribution < 1.29 is 14.0 Å². The van der Waals surface area contributed by atoms with Crippen LogP contribution in [-0.2, 0) is 9.59 Å². The molecule has 0 bridgehead atoms. The predicted octanol–water partition coefficient (Wildman–Crippen LogP) is 4.89. The lowest BCUT2D eigenvalue weighted by Crippen LogP contribution is -2.28. The van der Waals surface area contributed by atoms with Crippen LogP contribution in [0.3, 0.4) is 0 Å². The third-order valence-electron chi connectivity index (χ3n) is 4.00. The second-order valence-electron chi connectivity index (χ2n) is 6.02. The summed E-state index contributed by atoms with van der Waals surface area (Å²) in [6.07, 6.45) is 8.48. The number of unbranched alkanes of at least 4 members (excludes halogenated alkanes) is 6. The van der Waals surface area contributed by atoms with E-state index in [0.29, 0.717) is 12.1 Å². The van der Waals surface area contributed by atoms with Crippen LogP contribution in [0.4, 0.5) is 10.1 Å². The molecule has 1 aromatic rings. The fourth-order valence-corrected chi connectivity index (χ4v) is 2.46. The van der Waals surface area contributed by atoms with Crippen molar-refractivity contribution in [3.8, 4) is 0 Å². The van der Waals surface area contributed by atoms with E-state index in [2.05, 4.69) is 6.92 Å². The van der Waals surface area contributed by atoms with Crippen LogP contribution in [0.2, 0.25) is 0 Å². The molecule has 0 atom stereocenters. The Bertz CT molecular complexity index is 485. The maximum absolute atomic E-state index is 12.9. The van der Waals surface area contributed by atoms with Gasteiger partial charge in [-0.2, -0.15) is 0 Å². The summed E-state index contributed by atoms with van der Waals surface area (Å²) < 4.78 is 12.9. The minimum Gasteiger partial charge on any atom is -0.315 e. The molecule has 0 N–H and O–H groups in total. The lowest BCUT2D eigenvalue weighted by Gasteiger charge is -2.16. The summed E-state index contributed by atoms with van der Waals surface area (Å²) in [5, 5.41) is 0. The zero-order valence-electron chi connectivity index (χ0n) is 14.3. The molecular weight excluding hydrogens is 293 g/mol. The average Bonchev–Trinajstić information content (AvgIpc) is 2.54. The second-order valence-corrected chi connectivity index (χ2v) is 6.02. The van der Waals surface area contributed by atoms with E-state index < -0.39 is 0 Å². The number of hydrogen-bond acceptors (Lipinski definition) is 2. The van der Waals surface area contributed by atoms with E-state index in [1.165, 1.54) is 54.8 Å². The highest BCUT2D eigenvalue weighted by Gasteiger charge is 2.15. The van der Waals surface area contributed by atoms with E-state index in [0.717, 1.165) is 19.3 Å². The van der Waals surface area contributed by atoms with Gasteiger partial charge < -0.3 is 4.90 Å². The standard InChI is InChI=1S/C19H28FNO2/c1-3-4-5-6-7-8-9-10-18(22)15-19(23)21(2)17-13-11-16(20)12-14-17/h11-14H,3-10,15H2,1-2H3. The smallest absolute Gasteiger partial charge is 0.234 e. The van der Waals surface area contributed by atoms with Gasteiger partial charge in [0.1, 0.15) is 11.6 Å². The molecule has 1 aromatic carbocycles. The number of benzene rings is 1. The number of ketones is 1. The number of anilines is 1. The Morgan fingerprint density at radius 3 is 2.13 bits per heavy atom. The Labute approximate surface area is 138 Å². The van der Waals surface area contributed by atoms with Crippen LogP contribution in [0.15, 0.2) is 24.3 Å². The van der Waals surface area contributed by atoms with Gasteiger partial charge in [-0.15, -0.1) is 0 Å². The summed E-state index contributed by atoms with van der Waals surface area (Å²) in [5.74, 6) is -0.605. The van der Waals surface area contributed by atoms with Crippen molar-refractivity contribution in [1.29, 1.82) is 0 Å². The first kappa shape index (κ1) is 19.3. The summed E-state index contributed by atoms with van der Waals surface area (Å²) in [6, 6.07) is 5.68. The van der Waals surface area contributed by atoms with Crippen LogP contribution in [0.5, 0.6) is 0 Å². The highest BCUT2D eigenvalue weighted by molar-refractivity contribution is 6.05. The third kappa shape index (κ3) is 7.91. The first-order valence-electron chi connectivity index (χ1n) is 8.58. The van der Waals surface area contributed by atoms with E-state index in [9.17, 15) is 14.0 Å². The molecule has 0 aliphatic carbocycles. The van der Waals surface area contributed by atoms with Crippen molar-refractivity contribution in [2.75, 3.05) is 11.9 Å². The molecule has 0 unspecified atom stereocenters. The quantitative estimate of drug-likeness (QED) is 0.430. The zero-order valence-corrected chi connectivity index (χ0v) is 14.3. The Morgan fingerprint density at radius 2 is 1.52 bits per heavy atom. The molecule has 4 heteroatoms. The molecule has 0 spiro atoms. The van der Waals surface area contributed by atoms with E-state index >= 15 is 0 Å². The number of amides is 1. The largest absolute Gasteiger partial charge is 0.315 e. The minimum absolute atomic E-state index is 0.0162. The number of rotatable bonds is 11. The van der Waals surface area contributed by atoms with Crippen molar-refractivity contribution in [3.63, 3.8) is 0 Å². The monoisotopic (exact) mass is 321 g/mol. The molecule has 0 aromatic heterocycles. The van der Waals surface area contributed by atoms with Crippen LogP contribution < -0.4 is 4.90 Å². The van der Waals surface area contributed by atoms with E-state index in [1.807, 2.05) is 0 Å². The SMILES string of the molecule is CCCCCCCCCC(=O)CC(=O)N(C)c1ccc(F)cc1. The predicted molar refractivity (Wildman–Crippen MR) is 92.0 cm³/mol. The van der Waals surface area contributed by atoms with Gasteiger partial charge in [0.2, 0.25) is 5.91 Å². The summed E-state index contributed by atoms with van der Waals surface area (Å²) in [4.78, 5) is 25.3. The molecule has 3 nitrogen and oxygen atoms in total. The Morgan fingerprint density at radius 1 is 0.957 bits per heavy atom. The van der Waals surface area contributed by atoms with Crippen molar-refractivity contribution in [3.05, 3.63) is 30.1 Å². The van der Waals surface area contributed by atoms with E-state index in [4.69, 9.17) is 0 Å². The van der Waals surface area contributed by atoms with E-state index in [-0.39, 0.29) is 23.9 Å². The molecule has 1 amide bonds. The van der Waals surface area contributed by atoms with Crippen LogP contribution in [-0.4, -0.2) is 18.7 Å². The molecule has 128 valence electrons. The number of hydrogen-bond donors (Lipinski definition) is 0. The van der Waals surface area contributed by atoms with Gasteiger partial charge >= 0.3 is 0 Å². The normalized spacial score (nSPS) is 10.6. The van der Waals surface area contributed by atoms with Crippen molar-refractivity contribution in [1.82, 2.24) is 0 Å². The highest BCUT2D eigenvalue weighted by Crippen LogP contribution is 2.15. The van der Waals surface area contributed by atoms with Gasteiger partial charge in [-0.3, -0.25) is 9.59 Å². The number of carbonyl (C=O) groups is 2. The Kier molecular flexibility index (Phi) is 9.18. The molecule has 0 saturated carbocycles. The lowest BCUT2D eigenvalue weighted by atomic mass is 10.1. The fraction of sp³-hybridized carbons (Fsp3) is 0.579. The van der Waals surface area contributed by atoms with Gasteiger partial charge in [0.05, 0.1) is 6.42 Å². The topological polar surface area (TPSA) is 37.4 Å². The number of halogens is 1. The summed E-state index contributed by atoms with van der Waals surface area (Å²) >= 11 is 0. The summed E-state index contributed by atoms with van der Waals surface area (Å²) in [7, 11) is 1.61. The summed E-state index contributed by atoms with van der Waals surface area (Å²) in [6.45, 7) is 2.19. The maximum Gasteiger partial charge on any atom is 0.234 e. The van der Waals surface area contributed by atoms with Crippen molar-refractivity contribution in [2.45, 2.75) is 64.7 Å².